The zero-order valence-corrected chi connectivity index (χ0v) is 12.3. The molecule has 0 aromatic carbocycles. The predicted octanol–water partition coefficient (Wildman–Crippen LogP) is 0.729. The van der Waals surface area contributed by atoms with Crippen LogP contribution in [0.4, 0.5) is 5.82 Å². The molecule has 0 amide bonds. The lowest BCUT2D eigenvalue weighted by Gasteiger charge is -2.02. The second kappa shape index (κ2) is 5.27. The SMILES string of the molecule is CCn1cc(S(=O)(=O)NCc2ncc(C)s2)c(N)n1. The third kappa shape index (κ3) is 3.11. The molecule has 2 heterocycles. The second-order valence-corrected chi connectivity index (χ2v) is 6.98. The number of rotatable bonds is 5. The summed E-state index contributed by atoms with van der Waals surface area (Å²) in [5, 5.41) is 4.63. The van der Waals surface area contributed by atoms with Gasteiger partial charge in [-0.2, -0.15) is 5.10 Å². The van der Waals surface area contributed by atoms with Gasteiger partial charge in [-0.05, 0) is 13.8 Å². The summed E-state index contributed by atoms with van der Waals surface area (Å²) in [5.41, 5.74) is 5.61. The maximum atomic E-state index is 12.1. The maximum Gasteiger partial charge on any atom is 0.246 e. The summed E-state index contributed by atoms with van der Waals surface area (Å²) in [4.78, 5) is 5.13. The standard InChI is InChI=1S/C10H15N5O2S2/c1-3-15-6-8(10(11)14-15)19(16,17)13-5-9-12-4-7(2)18-9/h4,6,13H,3,5H2,1-2H3,(H2,11,14). The summed E-state index contributed by atoms with van der Waals surface area (Å²) < 4.78 is 28.1. The Labute approximate surface area is 115 Å². The molecule has 0 unspecified atom stereocenters. The van der Waals surface area contributed by atoms with E-state index in [4.69, 9.17) is 5.73 Å². The van der Waals surface area contributed by atoms with Gasteiger partial charge < -0.3 is 5.73 Å². The number of sulfonamides is 1. The summed E-state index contributed by atoms with van der Waals surface area (Å²) in [6, 6.07) is 0. The fourth-order valence-electron chi connectivity index (χ4n) is 1.50. The molecule has 0 saturated carbocycles. The van der Waals surface area contributed by atoms with Gasteiger partial charge in [0.25, 0.3) is 0 Å². The van der Waals surface area contributed by atoms with Gasteiger partial charge in [-0.15, -0.1) is 11.3 Å². The summed E-state index contributed by atoms with van der Waals surface area (Å²) >= 11 is 1.45. The summed E-state index contributed by atoms with van der Waals surface area (Å²) in [7, 11) is -3.66. The van der Waals surface area contributed by atoms with E-state index in [2.05, 4.69) is 14.8 Å². The zero-order valence-electron chi connectivity index (χ0n) is 10.6. The smallest absolute Gasteiger partial charge is 0.246 e. The third-order valence-corrected chi connectivity index (χ3v) is 4.78. The maximum absolute atomic E-state index is 12.1. The van der Waals surface area contributed by atoms with Gasteiger partial charge in [-0.25, -0.2) is 18.1 Å². The summed E-state index contributed by atoms with van der Waals surface area (Å²) in [5.74, 6) is 0.00432. The molecular formula is C10H15N5O2S2. The van der Waals surface area contributed by atoms with Gasteiger partial charge in [0.15, 0.2) is 5.82 Å². The van der Waals surface area contributed by atoms with E-state index in [9.17, 15) is 8.42 Å². The Morgan fingerprint density at radius 3 is 2.79 bits per heavy atom. The first kappa shape index (κ1) is 14.0. The molecule has 0 spiro atoms. The van der Waals surface area contributed by atoms with Crippen LogP contribution in [0.15, 0.2) is 17.3 Å². The lowest BCUT2D eigenvalue weighted by Crippen LogP contribution is -2.23. The fraction of sp³-hybridized carbons (Fsp3) is 0.400. The van der Waals surface area contributed by atoms with Crippen molar-refractivity contribution >= 4 is 27.2 Å². The topological polar surface area (TPSA) is 103 Å². The average molecular weight is 301 g/mol. The molecule has 2 rings (SSSR count). The van der Waals surface area contributed by atoms with Crippen LogP contribution in [-0.4, -0.2) is 23.2 Å². The van der Waals surface area contributed by atoms with Crippen LogP contribution < -0.4 is 10.5 Å². The van der Waals surface area contributed by atoms with E-state index in [-0.39, 0.29) is 17.3 Å². The lowest BCUT2D eigenvalue weighted by atomic mass is 10.6. The van der Waals surface area contributed by atoms with E-state index in [1.165, 1.54) is 22.2 Å². The number of anilines is 1. The normalized spacial score (nSPS) is 11.9. The van der Waals surface area contributed by atoms with Gasteiger partial charge in [0, 0.05) is 23.8 Å². The Bertz CT molecular complexity index is 674. The van der Waals surface area contributed by atoms with Gasteiger partial charge in [0.2, 0.25) is 10.0 Å². The highest BCUT2D eigenvalue weighted by Gasteiger charge is 2.21. The van der Waals surface area contributed by atoms with Crippen LogP contribution in [0.2, 0.25) is 0 Å². The first-order chi connectivity index (χ1) is 8.92. The highest BCUT2D eigenvalue weighted by atomic mass is 32.2. The van der Waals surface area contributed by atoms with Gasteiger partial charge in [0.1, 0.15) is 9.90 Å². The minimum absolute atomic E-state index is 0.00243. The molecule has 7 nitrogen and oxygen atoms in total. The van der Waals surface area contributed by atoms with Gasteiger partial charge in [-0.3, -0.25) is 4.68 Å². The van der Waals surface area contributed by atoms with E-state index in [1.807, 2.05) is 13.8 Å². The first-order valence-corrected chi connectivity index (χ1v) is 7.96. The van der Waals surface area contributed by atoms with Crippen molar-refractivity contribution in [3.63, 3.8) is 0 Å². The van der Waals surface area contributed by atoms with Crippen molar-refractivity contribution < 1.29 is 8.42 Å². The van der Waals surface area contributed by atoms with Crippen molar-refractivity contribution in [2.75, 3.05) is 5.73 Å². The molecule has 0 fully saturated rings. The Morgan fingerprint density at radius 2 is 2.26 bits per heavy atom. The highest BCUT2D eigenvalue weighted by Crippen LogP contribution is 2.17. The molecule has 0 saturated heterocycles. The van der Waals surface area contributed by atoms with Crippen LogP contribution in [0.1, 0.15) is 16.8 Å². The second-order valence-electron chi connectivity index (χ2n) is 3.92. The molecule has 0 aliphatic heterocycles. The van der Waals surface area contributed by atoms with Crippen molar-refractivity contribution in [3.05, 3.63) is 22.3 Å². The number of nitrogen functional groups attached to an aromatic ring is 1. The molecule has 2 aromatic rings. The van der Waals surface area contributed by atoms with E-state index in [0.29, 0.717) is 11.6 Å². The number of aromatic nitrogens is 3. The minimum atomic E-state index is -3.66. The number of thiazole rings is 1. The van der Waals surface area contributed by atoms with Crippen LogP contribution in [0.5, 0.6) is 0 Å². The number of nitrogens with zero attached hydrogens (tertiary/aromatic N) is 3. The molecule has 0 bridgehead atoms. The van der Waals surface area contributed by atoms with E-state index >= 15 is 0 Å². The number of hydrogen-bond donors (Lipinski definition) is 2. The first-order valence-electron chi connectivity index (χ1n) is 5.66. The van der Waals surface area contributed by atoms with Gasteiger partial charge >= 0.3 is 0 Å². The quantitative estimate of drug-likeness (QED) is 0.847. The molecule has 19 heavy (non-hydrogen) atoms. The third-order valence-electron chi connectivity index (χ3n) is 2.45. The predicted molar refractivity (Wildman–Crippen MR) is 73.2 cm³/mol. The molecule has 0 atom stereocenters. The number of nitrogens with two attached hydrogens (primary N) is 1. The monoisotopic (exact) mass is 301 g/mol. The molecule has 104 valence electrons. The summed E-state index contributed by atoms with van der Waals surface area (Å²) in [6.07, 6.45) is 3.13. The zero-order chi connectivity index (χ0) is 14.0. The Hall–Kier alpha value is -1.45. The summed E-state index contributed by atoms with van der Waals surface area (Å²) in [6.45, 7) is 4.48. The van der Waals surface area contributed by atoms with Crippen LogP contribution in [0, 0.1) is 6.92 Å². The van der Waals surface area contributed by atoms with Crippen molar-refractivity contribution in [2.45, 2.75) is 31.8 Å². The van der Waals surface area contributed by atoms with E-state index < -0.39 is 10.0 Å². The van der Waals surface area contributed by atoms with E-state index in [1.54, 1.807) is 6.20 Å². The molecule has 0 radical (unpaired) electrons. The molecule has 3 N–H and O–H groups in total. The van der Waals surface area contributed by atoms with Crippen molar-refractivity contribution in [1.29, 1.82) is 0 Å². The number of hydrogen-bond acceptors (Lipinski definition) is 6. The van der Waals surface area contributed by atoms with Crippen LogP contribution >= 0.6 is 11.3 Å². The van der Waals surface area contributed by atoms with Gasteiger partial charge in [0.05, 0.1) is 6.54 Å². The Balaban J connectivity index is 2.15. The fourth-order valence-corrected chi connectivity index (χ4v) is 3.38. The average Bonchev–Trinajstić information content (AvgIpc) is 2.93. The number of nitrogens with one attached hydrogen (secondary N) is 1. The Morgan fingerprint density at radius 1 is 1.53 bits per heavy atom. The molecule has 0 aliphatic rings. The highest BCUT2D eigenvalue weighted by molar-refractivity contribution is 7.89. The van der Waals surface area contributed by atoms with Crippen LogP contribution in [0.25, 0.3) is 0 Å². The van der Waals surface area contributed by atoms with Crippen molar-refractivity contribution in [2.24, 2.45) is 0 Å². The Kier molecular flexibility index (Phi) is 3.88. The molecule has 9 heteroatoms. The van der Waals surface area contributed by atoms with Crippen molar-refractivity contribution in [1.82, 2.24) is 19.5 Å². The molecule has 0 aliphatic carbocycles. The van der Waals surface area contributed by atoms with Crippen LogP contribution in [0.3, 0.4) is 0 Å². The molecular weight excluding hydrogens is 286 g/mol. The van der Waals surface area contributed by atoms with Crippen LogP contribution in [-0.2, 0) is 23.1 Å². The van der Waals surface area contributed by atoms with Gasteiger partial charge in [-0.1, -0.05) is 0 Å². The lowest BCUT2D eigenvalue weighted by molar-refractivity contribution is 0.581. The van der Waals surface area contributed by atoms with E-state index in [0.717, 1.165) is 4.88 Å². The minimum Gasteiger partial charge on any atom is -0.381 e. The van der Waals surface area contributed by atoms with Crippen molar-refractivity contribution in [3.8, 4) is 0 Å². The largest absolute Gasteiger partial charge is 0.381 e. The number of aryl methyl sites for hydroxylation is 2. The molecule has 2 aromatic heterocycles.